The maximum atomic E-state index is 14.2. The number of phenols is 1. The molecule has 0 aromatic heterocycles. The summed E-state index contributed by atoms with van der Waals surface area (Å²) >= 11 is 0. The maximum Gasteiger partial charge on any atom is 0.303 e. The van der Waals surface area contributed by atoms with E-state index in [0.29, 0.717) is 5.56 Å². The van der Waals surface area contributed by atoms with Crippen molar-refractivity contribution in [2.45, 2.75) is 32.1 Å². The Hall–Kier alpha value is -1.78. The van der Waals surface area contributed by atoms with Gasteiger partial charge in [-0.15, -0.1) is 0 Å². The lowest BCUT2D eigenvalue weighted by Gasteiger charge is -2.18. The fourth-order valence-electron chi connectivity index (χ4n) is 2.53. The molecule has 1 aromatic rings. The SMILES string of the molecule is COc1c(C)cc(C(CC(=O)O)C2CC2)c(F)c1O. The number of halogens is 1. The molecule has 1 atom stereocenters. The van der Waals surface area contributed by atoms with Gasteiger partial charge in [-0.1, -0.05) is 0 Å². The predicted octanol–water partition coefficient (Wildman–Crippen LogP) is 2.82. The van der Waals surface area contributed by atoms with Gasteiger partial charge < -0.3 is 14.9 Å². The van der Waals surface area contributed by atoms with Crippen LogP contribution in [0.3, 0.4) is 0 Å². The second kappa shape index (κ2) is 5.07. The molecule has 2 rings (SSSR count). The Bertz CT molecular complexity index is 509. The summed E-state index contributed by atoms with van der Waals surface area (Å²) in [6, 6.07) is 1.58. The molecule has 104 valence electrons. The number of ether oxygens (including phenoxy) is 1. The van der Waals surface area contributed by atoms with E-state index in [-0.39, 0.29) is 29.6 Å². The first-order valence-corrected chi connectivity index (χ1v) is 6.23. The molecule has 0 amide bonds. The van der Waals surface area contributed by atoms with Gasteiger partial charge >= 0.3 is 5.97 Å². The van der Waals surface area contributed by atoms with Gasteiger partial charge in [-0.05, 0) is 42.9 Å². The fraction of sp³-hybridized carbons (Fsp3) is 0.500. The van der Waals surface area contributed by atoms with Crippen LogP contribution in [0.2, 0.25) is 0 Å². The number of carboxylic acid groups (broad SMARTS) is 1. The van der Waals surface area contributed by atoms with Crippen molar-refractivity contribution in [2.75, 3.05) is 7.11 Å². The van der Waals surface area contributed by atoms with Gasteiger partial charge in [0, 0.05) is 5.92 Å². The zero-order valence-corrected chi connectivity index (χ0v) is 10.9. The van der Waals surface area contributed by atoms with E-state index >= 15 is 0 Å². The highest BCUT2D eigenvalue weighted by Crippen LogP contribution is 2.48. The van der Waals surface area contributed by atoms with Crippen molar-refractivity contribution < 1.29 is 24.1 Å². The number of hydrogen-bond donors (Lipinski definition) is 2. The highest BCUT2D eigenvalue weighted by atomic mass is 19.1. The van der Waals surface area contributed by atoms with Gasteiger partial charge in [-0.2, -0.15) is 0 Å². The summed E-state index contributed by atoms with van der Waals surface area (Å²) in [6.45, 7) is 1.70. The van der Waals surface area contributed by atoms with Crippen LogP contribution in [-0.4, -0.2) is 23.3 Å². The number of rotatable bonds is 5. The molecule has 19 heavy (non-hydrogen) atoms. The Morgan fingerprint density at radius 3 is 2.68 bits per heavy atom. The summed E-state index contributed by atoms with van der Waals surface area (Å²) in [5, 5.41) is 18.7. The molecule has 1 aromatic carbocycles. The molecule has 0 aliphatic heterocycles. The molecule has 1 aliphatic rings. The van der Waals surface area contributed by atoms with Crippen LogP contribution >= 0.6 is 0 Å². The highest BCUT2D eigenvalue weighted by Gasteiger charge is 2.36. The third-order valence-electron chi connectivity index (χ3n) is 3.60. The number of phenolic OH excluding ortho intramolecular Hbond substituents is 1. The van der Waals surface area contributed by atoms with E-state index < -0.39 is 17.5 Å². The zero-order chi connectivity index (χ0) is 14.2. The number of benzene rings is 1. The molecule has 1 saturated carbocycles. The van der Waals surface area contributed by atoms with Crippen LogP contribution < -0.4 is 4.74 Å². The van der Waals surface area contributed by atoms with E-state index in [1.54, 1.807) is 13.0 Å². The van der Waals surface area contributed by atoms with Crippen LogP contribution in [0.4, 0.5) is 4.39 Å². The average Bonchev–Trinajstić information content (AvgIpc) is 3.15. The van der Waals surface area contributed by atoms with Crippen LogP contribution in [0.1, 0.15) is 36.3 Å². The minimum Gasteiger partial charge on any atom is -0.502 e. The number of aliphatic carboxylic acids is 1. The summed E-state index contributed by atoms with van der Waals surface area (Å²) < 4.78 is 19.1. The van der Waals surface area contributed by atoms with Crippen LogP contribution in [0.25, 0.3) is 0 Å². The highest BCUT2D eigenvalue weighted by molar-refractivity contribution is 5.68. The molecule has 0 bridgehead atoms. The first-order valence-electron chi connectivity index (χ1n) is 6.23. The smallest absolute Gasteiger partial charge is 0.303 e. The van der Waals surface area contributed by atoms with Gasteiger partial charge in [0.25, 0.3) is 0 Å². The topological polar surface area (TPSA) is 66.8 Å². The van der Waals surface area contributed by atoms with Gasteiger partial charge in [-0.3, -0.25) is 4.79 Å². The lowest BCUT2D eigenvalue weighted by atomic mass is 9.89. The number of carboxylic acids is 1. The Kier molecular flexibility index (Phi) is 3.64. The first kappa shape index (κ1) is 13.6. The van der Waals surface area contributed by atoms with Crippen molar-refractivity contribution in [3.63, 3.8) is 0 Å². The van der Waals surface area contributed by atoms with Crippen molar-refractivity contribution in [1.82, 2.24) is 0 Å². The molecule has 0 spiro atoms. The molecule has 0 heterocycles. The quantitative estimate of drug-likeness (QED) is 0.861. The predicted molar refractivity (Wildman–Crippen MR) is 67.1 cm³/mol. The van der Waals surface area contributed by atoms with Crippen LogP contribution in [0, 0.1) is 18.7 Å². The van der Waals surface area contributed by atoms with Gasteiger partial charge in [0.2, 0.25) is 0 Å². The molecule has 1 fully saturated rings. The Morgan fingerprint density at radius 2 is 2.21 bits per heavy atom. The minimum atomic E-state index is -0.954. The van der Waals surface area contributed by atoms with E-state index in [9.17, 15) is 14.3 Å². The Balaban J connectivity index is 2.45. The fourth-order valence-corrected chi connectivity index (χ4v) is 2.53. The number of methoxy groups -OCH3 is 1. The van der Waals surface area contributed by atoms with E-state index in [0.717, 1.165) is 12.8 Å². The summed E-state index contributed by atoms with van der Waals surface area (Å²) in [6.07, 6.45) is 1.69. The van der Waals surface area contributed by atoms with E-state index in [4.69, 9.17) is 9.84 Å². The third-order valence-corrected chi connectivity index (χ3v) is 3.60. The third kappa shape index (κ3) is 2.64. The van der Waals surface area contributed by atoms with Gasteiger partial charge in [0.1, 0.15) is 0 Å². The largest absolute Gasteiger partial charge is 0.502 e. The molecule has 0 radical (unpaired) electrons. The first-order chi connectivity index (χ1) is 8.95. The standard InChI is InChI=1S/C14H17FO4/c1-7-5-10(12(15)13(18)14(7)19-2)9(6-11(16)17)8-3-4-8/h5,8-9,18H,3-4,6H2,1-2H3,(H,16,17). The molecule has 0 saturated heterocycles. The van der Waals surface area contributed by atoms with E-state index in [1.165, 1.54) is 7.11 Å². The maximum absolute atomic E-state index is 14.2. The molecule has 1 aliphatic carbocycles. The number of aromatic hydroxyl groups is 1. The normalized spacial score (nSPS) is 16.2. The second-order valence-electron chi connectivity index (χ2n) is 5.02. The van der Waals surface area contributed by atoms with Crippen LogP contribution in [0.15, 0.2) is 6.07 Å². The molecular formula is C14H17FO4. The Morgan fingerprint density at radius 1 is 1.58 bits per heavy atom. The Labute approximate surface area is 110 Å². The summed E-state index contributed by atoms with van der Waals surface area (Å²) in [5.41, 5.74) is 0.883. The van der Waals surface area contributed by atoms with Crippen LogP contribution in [-0.2, 0) is 4.79 Å². The van der Waals surface area contributed by atoms with Crippen molar-refractivity contribution in [3.05, 3.63) is 23.0 Å². The summed E-state index contributed by atoms with van der Waals surface area (Å²) in [5.74, 6) is -2.34. The number of hydrogen-bond acceptors (Lipinski definition) is 3. The van der Waals surface area contributed by atoms with E-state index in [2.05, 4.69) is 0 Å². The van der Waals surface area contributed by atoms with Gasteiger partial charge in [0.05, 0.1) is 13.5 Å². The lowest BCUT2D eigenvalue weighted by molar-refractivity contribution is -0.137. The zero-order valence-electron chi connectivity index (χ0n) is 10.9. The number of carbonyl (C=O) groups is 1. The molecule has 1 unspecified atom stereocenters. The molecule has 2 N–H and O–H groups in total. The van der Waals surface area contributed by atoms with Gasteiger partial charge in [-0.25, -0.2) is 4.39 Å². The lowest BCUT2D eigenvalue weighted by Crippen LogP contribution is -2.11. The van der Waals surface area contributed by atoms with Crippen molar-refractivity contribution in [3.8, 4) is 11.5 Å². The molecule has 5 heteroatoms. The molecule has 4 nitrogen and oxygen atoms in total. The molecular weight excluding hydrogens is 251 g/mol. The number of aryl methyl sites for hydroxylation is 1. The average molecular weight is 268 g/mol. The second-order valence-corrected chi connectivity index (χ2v) is 5.02. The van der Waals surface area contributed by atoms with Crippen LogP contribution in [0.5, 0.6) is 11.5 Å². The van der Waals surface area contributed by atoms with Crippen molar-refractivity contribution in [1.29, 1.82) is 0 Å². The summed E-state index contributed by atoms with van der Waals surface area (Å²) in [7, 11) is 1.36. The summed E-state index contributed by atoms with van der Waals surface area (Å²) in [4.78, 5) is 10.9. The van der Waals surface area contributed by atoms with Gasteiger partial charge in [0.15, 0.2) is 17.3 Å². The van der Waals surface area contributed by atoms with Crippen molar-refractivity contribution in [2.24, 2.45) is 5.92 Å². The van der Waals surface area contributed by atoms with E-state index in [1.807, 2.05) is 0 Å². The minimum absolute atomic E-state index is 0.103. The van der Waals surface area contributed by atoms with Crippen molar-refractivity contribution >= 4 is 5.97 Å². The monoisotopic (exact) mass is 268 g/mol.